The standard InChI is InChI=1S/C50H44Si2/c1-51(2,3)40-29-25-35(26-30-40)33-17-21-38(22-18-33)47-42-13-7-8-14-43(42)48(50-45-16-10-12-37-11-9-15-44(46(37)45)49(47)50)39-23-19-34(20-24-39)36-27-31-41(32-28-36)52(4,5)6/h7-32H,1-6H3. The fourth-order valence-corrected chi connectivity index (χ4v) is 10.7. The second-order valence-corrected chi connectivity index (χ2v) is 26.7. The molecule has 0 heterocycles. The average Bonchev–Trinajstić information content (AvgIpc) is 3.48. The van der Waals surface area contributed by atoms with Crippen LogP contribution in [0.25, 0.3) is 88.3 Å². The van der Waals surface area contributed by atoms with Crippen molar-refractivity contribution >= 4 is 48.1 Å². The first kappa shape index (κ1) is 32.6. The molecule has 52 heavy (non-hydrogen) atoms. The smallest absolute Gasteiger partial charge is 0.0656 e. The van der Waals surface area contributed by atoms with Gasteiger partial charge >= 0.3 is 0 Å². The molecule has 0 bridgehead atoms. The van der Waals surface area contributed by atoms with Gasteiger partial charge in [0.2, 0.25) is 0 Å². The molecule has 0 aliphatic heterocycles. The van der Waals surface area contributed by atoms with Crippen LogP contribution in [-0.2, 0) is 0 Å². The van der Waals surface area contributed by atoms with Crippen LogP contribution >= 0.6 is 0 Å². The molecule has 252 valence electrons. The number of benzene rings is 8. The van der Waals surface area contributed by atoms with E-state index in [1.807, 2.05) is 0 Å². The minimum Gasteiger partial charge on any atom is -0.0656 e. The Kier molecular flexibility index (Phi) is 7.62. The van der Waals surface area contributed by atoms with E-state index in [1.165, 1.54) is 98.7 Å². The molecule has 1 aliphatic rings. The summed E-state index contributed by atoms with van der Waals surface area (Å²) in [4.78, 5) is 0. The van der Waals surface area contributed by atoms with Crippen LogP contribution in [0.15, 0.2) is 158 Å². The summed E-state index contributed by atoms with van der Waals surface area (Å²) >= 11 is 0. The SMILES string of the molecule is C[Si](C)(C)c1ccc(-c2ccc(-c3c4c(c(-c5ccc(-c6ccc([Si](C)(C)C)cc6)cc5)c5ccccc35)-c3cccc5cccc-4c35)cc2)cc1. The average molecular weight is 701 g/mol. The van der Waals surface area contributed by atoms with Gasteiger partial charge in [0.25, 0.3) is 0 Å². The first-order valence-corrected chi connectivity index (χ1v) is 25.6. The predicted molar refractivity (Wildman–Crippen MR) is 234 cm³/mol. The molecule has 0 nitrogen and oxygen atoms in total. The highest BCUT2D eigenvalue weighted by molar-refractivity contribution is 6.89. The summed E-state index contributed by atoms with van der Waals surface area (Å²) in [5.74, 6) is 0. The molecule has 0 aromatic heterocycles. The summed E-state index contributed by atoms with van der Waals surface area (Å²) < 4.78 is 0. The Hall–Kier alpha value is -5.29. The van der Waals surface area contributed by atoms with Gasteiger partial charge in [-0.15, -0.1) is 0 Å². The van der Waals surface area contributed by atoms with Crippen molar-refractivity contribution in [2.75, 3.05) is 0 Å². The van der Waals surface area contributed by atoms with Crippen molar-refractivity contribution in [1.29, 1.82) is 0 Å². The van der Waals surface area contributed by atoms with E-state index in [4.69, 9.17) is 0 Å². The van der Waals surface area contributed by atoms with Crippen LogP contribution in [0.2, 0.25) is 39.3 Å². The van der Waals surface area contributed by atoms with Crippen LogP contribution in [0.3, 0.4) is 0 Å². The summed E-state index contributed by atoms with van der Waals surface area (Å²) in [6.07, 6.45) is 0. The fourth-order valence-electron chi connectivity index (χ4n) is 8.32. The normalized spacial score (nSPS) is 12.4. The zero-order valence-corrected chi connectivity index (χ0v) is 33.0. The highest BCUT2D eigenvalue weighted by atomic mass is 28.3. The van der Waals surface area contributed by atoms with Gasteiger partial charge in [0.15, 0.2) is 0 Å². The summed E-state index contributed by atoms with van der Waals surface area (Å²) in [6.45, 7) is 14.5. The molecule has 0 saturated heterocycles. The van der Waals surface area contributed by atoms with Crippen LogP contribution in [0.5, 0.6) is 0 Å². The van der Waals surface area contributed by atoms with Gasteiger partial charge in [-0.3, -0.25) is 0 Å². The molecule has 0 spiro atoms. The van der Waals surface area contributed by atoms with Gasteiger partial charge in [-0.1, -0.05) is 207 Å². The minimum atomic E-state index is -1.35. The molecule has 0 atom stereocenters. The van der Waals surface area contributed by atoms with Gasteiger partial charge in [-0.05, 0) is 88.3 Å². The largest absolute Gasteiger partial charge is 0.0775 e. The molecule has 0 saturated carbocycles. The Morgan fingerprint density at radius 3 is 0.962 bits per heavy atom. The predicted octanol–water partition coefficient (Wildman–Crippen LogP) is 13.4. The van der Waals surface area contributed by atoms with E-state index in [9.17, 15) is 0 Å². The second-order valence-electron chi connectivity index (χ2n) is 16.6. The van der Waals surface area contributed by atoms with Gasteiger partial charge in [0.1, 0.15) is 0 Å². The Morgan fingerprint density at radius 1 is 0.288 bits per heavy atom. The zero-order valence-electron chi connectivity index (χ0n) is 31.0. The minimum absolute atomic E-state index is 1.25. The lowest BCUT2D eigenvalue weighted by Gasteiger charge is -2.21. The van der Waals surface area contributed by atoms with Crippen LogP contribution in [0.4, 0.5) is 0 Å². The molecule has 0 N–H and O–H groups in total. The van der Waals surface area contributed by atoms with Gasteiger partial charge < -0.3 is 0 Å². The zero-order chi connectivity index (χ0) is 35.8. The monoisotopic (exact) mass is 700 g/mol. The summed E-state index contributed by atoms with van der Waals surface area (Å²) in [5, 5.41) is 8.22. The number of fused-ring (bicyclic) bond motifs is 4. The molecule has 1 aliphatic carbocycles. The third-order valence-corrected chi connectivity index (χ3v) is 15.3. The molecule has 0 amide bonds. The molecule has 8 aromatic carbocycles. The van der Waals surface area contributed by atoms with E-state index in [0.717, 1.165) is 0 Å². The van der Waals surface area contributed by atoms with Crippen molar-refractivity contribution in [3.05, 3.63) is 158 Å². The van der Waals surface area contributed by atoms with E-state index in [-0.39, 0.29) is 0 Å². The molecule has 8 aromatic rings. The van der Waals surface area contributed by atoms with E-state index >= 15 is 0 Å². The maximum Gasteiger partial charge on any atom is 0.0775 e. The molecule has 0 radical (unpaired) electrons. The van der Waals surface area contributed by atoms with Crippen molar-refractivity contribution in [2.24, 2.45) is 0 Å². The molecular weight excluding hydrogens is 657 g/mol. The quantitative estimate of drug-likeness (QED) is 0.152. The topological polar surface area (TPSA) is 0 Å². The molecule has 0 unspecified atom stereocenters. The van der Waals surface area contributed by atoms with Crippen LogP contribution in [0.1, 0.15) is 0 Å². The second kappa shape index (κ2) is 12.2. The van der Waals surface area contributed by atoms with Crippen LogP contribution in [0, 0.1) is 0 Å². The van der Waals surface area contributed by atoms with E-state index < -0.39 is 16.1 Å². The third-order valence-electron chi connectivity index (χ3n) is 11.2. The van der Waals surface area contributed by atoms with E-state index in [1.54, 1.807) is 0 Å². The van der Waals surface area contributed by atoms with Crippen molar-refractivity contribution in [3.63, 3.8) is 0 Å². The van der Waals surface area contributed by atoms with Gasteiger partial charge in [-0.25, -0.2) is 0 Å². The van der Waals surface area contributed by atoms with Crippen molar-refractivity contribution < 1.29 is 0 Å². The number of hydrogen-bond donors (Lipinski definition) is 0. The fraction of sp³-hybridized carbons (Fsp3) is 0.120. The Labute approximate surface area is 310 Å². The first-order valence-electron chi connectivity index (χ1n) is 18.6. The highest BCUT2D eigenvalue weighted by Crippen LogP contribution is 2.57. The number of hydrogen-bond acceptors (Lipinski definition) is 0. The van der Waals surface area contributed by atoms with Crippen molar-refractivity contribution in [1.82, 2.24) is 0 Å². The van der Waals surface area contributed by atoms with Crippen LogP contribution < -0.4 is 10.4 Å². The molecule has 0 fully saturated rings. The molecule has 2 heteroatoms. The Balaban J connectivity index is 1.23. The van der Waals surface area contributed by atoms with Gasteiger partial charge in [-0.2, -0.15) is 0 Å². The lowest BCUT2D eigenvalue weighted by molar-refractivity contribution is 1.59. The molecular formula is C50H44Si2. The summed E-state index contributed by atoms with van der Waals surface area (Å²) in [7, 11) is -2.69. The third kappa shape index (κ3) is 5.41. The van der Waals surface area contributed by atoms with Crippen molar-refractivity contribution in [3.8, 4) is 66.8 Å². The highest BCUT2D eigenvalue weighted by Gasteiger charge is 2.30. The van der Waals surface area contributed by atoms with E-state index in [0.29, 0.717) is 0 Å². The summed E-state index contributed by atoms with van der Waals surface area (Å²) in [6, 6.07) is 59.9. The lowest BCUT2D eigenvalue weighted by atomic mass is 9.82. The van der Waals surface area contributed by atoms with Crippen LogP contribution in [-0.4, -0.2) is 16.1 Å². The summed E-state index contributed by atoms with van der Waals surface area (Å²) in [5.41, 5.74) is 15.5. The lowest BCUT2D eigenvalue weighted by Crippen LogP contribution is -2.37. The van der Waals surface area contributed by atoms with E-state index in [2.05, 4.69) is 197 Å². The Bertz CT molecular complexity index is 2450. The van der Waals surface area contributed by atoms with Gasteiger partial charge in [0.05, 0.1) is 16.1 Å². The Morgan fingerprint density at radius 2 is 0.615 bits per heavy atom. The maximum absolute atomic E-state index is 2.41. The molecule has 9 rings (SSSR count). The number of rotatable bonds is 6. The van der Waals surface area contributed by atoms with Gasteiger partial charge in [0, 0.05) is 0 Å². The first-order chi connectivity index (χ1) is 25.1. The maximum atomic E-state index is 2.41. The van der Waals surface area contributed by atoms with Crippen molar-refractivity contribution in [2.45, 2.75) is 39.3 Å².